The Kier molecular flexibility index (Phi) is 6.96. The Balaban J connectivity index is 1.60. The molecule has 144 valence electrons. The first-order chi connectivity index (χ1) is 13.1. The van der Waals surface area contributed by atoms with E-state index in [-0.39, 0.29) is 17.9 Å². The summed E-state index contributed by atoms with van der Waals surface area (Å²) in [6, 6.07) is 14.6. The second-order valence-electron chi connectivity index (χ2n) is 6.76. The van der Waals surface area contributed by atoms with Crippen molar-refractivity contribution in [2.45, 2.75) is 31.9 Å². The van der Waals surface area contributed by atoms with Crippen molar-refractivity contribution >= 4 is 17.6 Å². The highest BCUT2D eigenvalue weighted by atomic mass is 35.5. The summed E-state index contributed by atoms with van der Waals surface area (Å²) in [5.41, 5.74) is 1.80. The predicted octanol–water partition coefficient (Wildman–Crippen LogP) is 3.98. The number of ether oxygens (including phenoxy) is 1. The molecule has 1 aliphatic heterocycles. The minimum atomic E-state index is -0.157. The fraction of sp³-hybridized carbons (Fsp3) is 0.381. The van der Waals surface area contributed by atoms with Crippen LogP contribution in [0.2, 0.25) is 5.02 Å². The fourth-order valence-corrected chi connectivity index (χ4v) is 3.43. The first kappa shape index (κ1) is 19.5. The third-order valence-corrected chi connectivity index (χ3v) is 4.90. The topological polar surface area (TPSA) is 61.8 Å². The van der Waals surface area contributed by atoms with Gasteiger partial charge in [-0.25, -0.2) is 4.79 Å². The summed E-state index contributed by atoms with van der Waals surface area (Å²) in [7, 11) is 0. The lowest BCUT2D eigenvalue weighted by atomic mass is 10.1. The van der Waals surface area contributed by atoms with Crippen LogP contribution in [0.5, 0.6) is 5.75 Å². The number of carbonyl (C=O) groups excluding carboxylic acids is 1. The molecule has 0 radical (unpaired) electrons. The molecule has 0 aromatic heterocycles. The Bertz CT molecular complexity index is 763. The molecule has 0 spiro atoms. The lowest BCUT2D eigenvalue weighted by Gasteiger charge is -2.26. The van der Waals surface area contributed by atoms with Crippen molar-refractivity contribution in [1.82, 2.24) is 10.2 Å². The molecule has 1 saturated heterocycles. The van der Waals surface area contributed by atoms with E-state index in [1.807, 2.05) is 36.4 Å². The van der Waals surface area contributed by atoms with Gasteiger partial charge in [-0.1, -0.05) is 41.9 Å². The third kappa shape index (κ3) is 5.88. The summed E-state index contributed by atoms with van der Waals surface area (Å²) in [5.74, 6) is 0.196. The van der Waals surface area contributed by atoms with E-state index in [1.165, 1.54) is 0 Å². The molecule has 2 aromatic rings. The SMILES string of the molecule is O=C(NCCc1cccc(Cl)c1)N(Cc1ccccc1O)CC1CCCO1. The maximum atomic E-state index is 12.8. The van der Waals surface area contributed by atoms with Gasteiger partial charge in [-0.3, -0.25) is 0 Å². The number of phenols is 1. The standard InChI is InChI=1S/C21H25ClN2O3/c22-18-7-3-5-16(13-18)10-11-23-21(26)24(15-19-8-4-12-27-19)14-17-6-1-2-9-20(17)25/h1-3,5-7,9,13,19,25H,4,8,10-12,14-15H2,(H,23,26). The van der Waals surface area contributed by atoms with Crippen LogP contribution >= 0.6 is 11.6 Å². The molecule has 0 saturated carbocycles. The number of nitrogens with zero attached hydrogens (tertiary/aromatic N) is 1. The van der Waals surface area contributed by atoms with Crippen LogP contribution < -0.4 is 5.32 Å². The molecule has 0 aliphatic carbocycles. The molecule has 1 heterocycles. The highest BCUT2D eigenvalue weighted by molar-refractivity contribution is 6.30. The van der Waals surface area contributed by atoms with Crippen LogP contribution in [0.1, 0.15) is 24.0 Å². The van der Waals surface area contributed by atoms with Gasteiger partial charge in [-0.05, 0) is 43.0 Å². The normalized spacial score (nSPS) is 16.3. The minimum absolute atomic E-state index is 0.0505. The monoisotopic (exact) mass is 388 g/mol. The van der Waals surface area contributed by atoms with Crippen molar-refractivity contribution in [3.05, 3.63) is 64.7 Å². The molecule has 2 amide bonds. The van der Waals surface area contributed by atoms with Crippen molar-refractivity contribution in [2.75, 3.05) is 19.7 Å². The smallest absolute Gasteiger partial charge is 0.317 e. The molecule has 2 aromatic carbocycles. The molecule has 6 heteroatoms. The number of hydrogen-bond acceptors (Lipinski definition) is 3. The van der Waals surface area contributed by atoms with Crippen LogP contribution in [0.15, 0.2) is 48.5 Å². The quantitative estimate of drug-likeness (QED) is 0.754. The Morgan fingerprint density at radius 3 is 2.85 bits per heavy atom. The summed E-state index contributed by atoms with van der Waals surface area (Å²) in [6.07, 6.45) is 2.73. The zero-order chi connectivity index (χ0) is 19.1. The van der Waals surface area contributed by atoms with Crippen LogP contribution in [-0.2, 0) is 17.7 Å². The number of hydrogen-bond donors (Lipinski definition) is 2. The molecular weight excluding hydrogens is 364 g/mol. The van der Waals surface area contributed by atoms with Gasteiger partial charge in [0, 0.05) is 30.3 Å². The van der Waals surface area contributed by atoms with Crippen LogP contribution in [0.3, 0.4) is 0 Å². The molecule has 2 N–H and O–H groups in total. The van der Waals surface area contributed by atoms with E-state index in [2.05, 4.69) is 5.32 Å². The summed E-state index contributed by atoms with van der Waals surface area (Å²) < 4.78 is 5.69. The molecule has 1 atom stereocenters. The molecule has 1 unspecified atom stereocenters. The first-order valence-corrected chi connectivity index (χ1v) is 9.65. The average molecular weight is 389 g/mol. The summed E-state index contributed by atoms with van der Waals surface area (Å²) >= 11 is 6.00. The highest BCUT2D eigenvalue weighted by Crippen LogP contribution is 2.20. The zero-order valence-corrected chi connectivity index (χ0v) is 16.0. The predicted molar refractivity (Wildman–Crippen MR) is 106 cm³/mol. The molecule has 27 heavy (non-hydrogen) atoms. The van der Waals surface area contributed by atoms with Crippen LogP contribution in [-0.4, -0.2) is 41.8 Å². The second kappa shape index (κ2) is 9.62. The number of urea groups is 1. The number of nitrogens with one attached hydrogen (secondary N) is 1. The van der Waals surface area contributed by atoms with E-state index in [0.717, 1.165) is 30.6 Å². The van der Waals surface area contributed by atoms with Crippen molar-refractivity contribution in [1.29, 1.82) is 0 Å². The highest BCUT2D eigenvalue weighted by Gasteiger charge is 2.23. The van der Waals surface area contributed by atoms with Gasteiger partial charge >= 0.3 is 6.03 Å². The Morgan fingerprint density at radius 2 is 2.11 bits per heavy atom. The van der Waals surface area contributed by atoms with E-state index < -0.39 is 0 Å². The third-order valence-electron chi connectivity index (χ3n) is 4.67. The Labute approximate surface area is 164 Å². The molecule has 0 bridgehead atoms. The molecule has 5 nitrogen and oxygen atoms in total. The van der Waals surface area contributed by atoms with Gasteiger partial charge < -0.3 is 20.1 Å². The number of carbonyl (C=O) groups is 1. The van der Waals surface area contributed by atoms with E-state index >= 15 is 0 Å². The number of benzene rings is 2. The maximum absolute atomic E-state index is 12.8. The fourth-order valence-electron chi connectivity index (χ4n) is 3.22. The summed E-state index contributed by atoms with van der Waals surface area (Å²) in [4.78, 5) is 14.5. The van der Waals surface area contributed by atoms with Gasteiger partial charge in [0.15, 0.2) is 0 Å². The van der Waals surface area contributed by atoms with Gasteiger partial charge in [0.25, 0.3) is 0 Å². The van der Waals surface area contributed by atoms with Crippen molar-refractivity contribution < 1.29 is 14.6 Å². The van der Waals surface area contributed by atoms with E-state index in [1.54, 1.807) is 17.0 Å². The summed E-state index contributed by atoms with van der Waals surface area (Å²) in [5, 5.41) is 13.7. The van der Waals surface area contributed by atoms with Crippen LogP contribution in [0, 0.1) is 0 Å². The minimum Gasteiger partial charge on any atom is -0.508 e. The maximum Gasteiger partial charge on any atom is 0.317 e. The average Bonchev–Trinajstić information content (AvgIpc) is 3.16. The number of amides is 2. The van der Waals surface area contributed by atoms with Gasteiger partial charge in [-0.15, -0.1) is 0 Å². The van der Waals surface area contributed by atoms with Gasteiger partial charge in [0.1, 0.15) is 5.75 Å². The largest absolute Gasteiger partial charge is 0.508 e. The van der Waals surface area contributed by atoms with Gasteiger partial charge in [-0.2, -0.15) is 0 Å². The van der Waals surface area contributed by atoms with E-state index in [4.69, 9.17) is 16.3 Å². The number of aromatic hydroxyl groups is 1. The molecule has 3 rings (SSSR count). The molecular formula is C21H25ClN2O3. The Morgan fingerprint density at radius 1 is 1.26 bits per heavy atom. The summed E-state index contributed by atoms with van der Waals surface area (Å²) in [6.45, 7) is 2.11. The number of halogens is 1. The first-order valence-electron chi connectivity index (χ1n) is 9.27. The Hall–Kier alpha value is -2.24. The van der Waals surface area contributed by atoms with Crippen molar-refractivity contribution in [3.63, 3.8) is 0 Å². The molecule has 1 aliphatic rings. The van der Waals surface area contributed by atoms with E-state index in [9.17, 15) is 9.90 Å². The van der Waals surface area contributed by atoms with Gasteiger partial charge in [0.2, 0.25) is 0 Å². The zero-order valence-electron chi connectivity index (χ0n) is 15.2. The number of para-hydroxylation sites is 1. The lowest BCUT2D eigenvalue weighted by Crippen LogP contribution is -2.43. The molecule has 1 fully saturated rings. The lowest BCUT2D eigenvalue weighted by molar-refractivity contribution is 0.0793. The number of phenolic OH excluding ortho intramolecular Hbond substituents is 1. The van der Waals surface area contributed by atoms with Gasteiger partial charge in [0.05, 0.1) is 12.6 Å². The number of rotatable bonds is 7. The van der Waals surface area contributed by atoms with Crippen molar-refractivity contribution in [2.24, 2.45) is 0 Å². The van der Waals surface area contributed by atoms with Crippen molar-refractivity contribution in [3.8, 4) is 5.75 Å². The van der Waals surface area contributed by atoms with E-state index in [0.29, 0.717) is 31.1 Å². The van der Waals surface area contributed by atoms with Crippen LogP contribution in [0.4, 0.5) is 4.79 Å². The second-order valence-corrected chi connectivity index (χ2v) is 7.19. The van der Waals surface area contributed by atoms with Crippen LogP contribution in [0.25, 0.3) is 0 Å².